The zero-order chi connectivity index (χ0) is 13.6. The lowest BCUT2D eigenvalue weighted by atomic mass is 9.83. The molecule has 1 fully saturated rings. The first kappa shape index (κ1) is 14.4. The van der Waals surface area contributed by atoms with Crippen LogP contribution in [0, 0.1) is 17.3 Å². The van der Waals surface area contributed by atoms with E-state index in [0.29, 0.717) is 32.5 Å². The molecule has 1 rings (SSSR count). The fourth-order valence-electron chi connectivity index (χ4n) is 2.33. The van der Waals surface area contributed by atoms with Gasteiger partial charge in [-0.2, -0.15) is 0 Å². The Balaban J connectivity index is 2.59. The molecule has 1 aliphatic heterocycles. The number of carboxylic acid groups (broad SMARTS) is 1. The molecule has 0 aromatic carbocycles. The molecule has 1 atom stereocenters. The van der Waals surface area contributed by atoms with Crippen LogP contribution in [0.15, 0.2) is 0 Å². The van der Waals surface area contributed by atoms with E-state index in [0.717, 1.165) is 6.42 Å². The van der Waals surface area contributed by atoms with Gasteiger partial charge in [-0.05, 0) is 19.8 Å². The van der Waals surface area contributed by atoms with Crippen LogP contribution in [0.25, 0.3) is 0 Å². The van der Waals surface area contributed by atoms with Crippen molar-refractivity contribution in [1.82, 2.24) is 10.2 Å². The van der Waals surface area contributed by atoms with Gasteiger partial charge in [-0.1, -0.05) is 19.3 Å². The average Bonchev–Trinajstić information content (AvgIpc) is 2.75. The van der Waals surface area contributed by atoms with E-state index in [1.165, 1.54) is 0 Å². The van der Waals surface area contributed by atoms with Crippen molar-refractivity contribution in [3.63, 3.8) is 0 Å². The van der Waals surface area contributed by atoms with Gasteiger partial charge in [0.1, 0.15) is 0 Å². The maximum Gasteiger partial charge on any atom is 0.318 e. The van der Waals surface area contributed by atoms with Crippen LogP contribution in [-0.2, 0) is 4.79 Å². The minimum Gasteiger partial charge on any atom is -0.481 e. The number of nitrogens with one attached hydrogen (secondary N) is 1. The standard InChI is InChI=1S/C13H20N2O3/c1-3-5-8-14-12(18)15-9-7-13(10-15,6-4-2)11(16)17/h4,6-10H2,1-2H3,(H,14,18)(H,16,17). The number of rotatable bonds is 4. The van der Waals surface area contributed by atoms with Crippen LogP contribution in [0.3, 0.4) is 0 Å². The summed E-state index contributed by atoms with van der Waals surface area (Å²) in [7, 11) is 0. The second-order valence-electron chi connectivity index (χ2n) is 4.59. The van der Waals surface area contributed by atoms with Crippen molar-refractivity contribution in [3.05, 3.63) is 0 Å². The summed E-state index contributed by atoms with van der Waals surface area (Å²) in [6.07, 6.45) is 1.95. The van der Waals surface area contributed by atoms with Gasteiger partial charge in [-0.25, -0.2) is 4.79 Å². The van der Waals surface area contributed by atoms with Gasteiger partial charge in [-0.3, -0.25) is 4.79 Å². The first-order valence-corrected chi connectivity index (χ1v) is 6.21. The van der Waals surface area contributed by atoms with Gasteiger partial charge in [-0.15, -0.1) is 5.92 Å². The zero-order valence-electron chi connectivity index (χ0n) is 11.0. The fourth-order valence-corrected chi connectivity index (χ4v) is 2.33. The van der Waals surface area contributed by atoms with Crippen LogP contribution in [0.2, 0.25) is 0 Å². The number of carboxylic acids is 1. The van der Waals surface area contributed by atoms with Crippen LogP contribution < -0.4 is 5.32 Å². The Morgan fingerprint density at radius 1 is 1.50 bits per heavy atom. The summed E-state index contributed by atoms with van der Waals surface area (Å²) in [4.78, 5) is 24.7. The van der Waals surface area contributed by atoms with Gasteiger partial charge in [0.05, 0.1) is 12.0 Å². The third-order valence-electron chi connectivity index (χ3n) is 3.33. The van der Waals surface area contributed by atoms with Gasteiger partial charge in [0.15, 0.2) is 0 Å². The number of urea groups is 1. The molecule has 0 bridgehead atoms. The first-order valence-electron chi connectivity index (χ1n) is 6.21. The minimum atomic E-state index is -0.798. The molecule has 1 unspecified atom stereocenters. The molecule has 1 aliphatic rings. The van der Waals surface area contributed by atoms with Gasteiger partial charge >= 0.3 is 12.0 Å². The topological polar surface area (TPSA) is 69.6 Å². The molecule has 1 saturated heterocycles. The number of carbonyl (C=O) groups is 2. The Kier molecular flexibility index (Phi) is 5.02. The second-order valence-corrected chi connectivity index (χ2v) is 4.59. The summed E-state index contributed by atoms with van der Waals surface area (Å²) in [6.45, 7) is 4.77. The minimum absolute atomic E-state index is 0.225. The lowest BCUT2D eigenvalue weighted by Gasteiger charge is -2.24. The van der Waals surface area contributed by atoms with Crippen LogP contribution >= 0.6 is 0 Å². The lowest BCUT2D eigenvalue weighted by Crippen LogP contribution is -2.41. The van der Waals surface area contributed by atoms with Crippen molar-refractivity contribution < 1.29 is 14.7 Å². The van der Waals surface area contributed by atoms with E-state index >= 15 is 0 Å². The molecule has 0 aromatic rings. The first-order chi connectivity index (χ1) is 8.55. The monoisotopic (exact) mass is 252 g/mol. The maximum absolute atomic E-state index is 11.8. The molecular weight excluding hydrogens is 232 g/mol. The number of nitrogens with zero attached hydrogens (tertiary/aromatic N) is 1. The van der Waals surface area contributed by atoms with Crippen molar-refractivity contribution in [2.45, 2.75) is 33.1 Å². The van der Waals surface area contributed by atoms with Crippen LogP contribution in [-0.4, -0.2) is 41.6 Å². The van der Waals surface area contributed by atoms with Crippen molar-refractivity contribution in [3.8, 4) is 11.8 Å². The van der Waals surface area contributed by atoms with Crippen molar-refractivity contribution in [2.75, 3.05) is 19.6 Å². The number of hydrogen-bond acceptors (Lipinski definition) is 2. The molecule has 5 nitrogen and oxygen atoms in total. The molecule has 18 heavy (non-hydrogen) atoms. The molecule has 0 saturated carbocycles. The van der Waals surface area contributed by atoms with E-state index < -0.39 is 11.4 Å². The fraction of sp³-hybridized carbons (Fsp3) is 0.692. The Labute approximate surface area is 108 Å². The summed E-state index contributed by atoms with van der Waals surface area (Å²) in [6, 6.07) is -0.225. The third kappa shape index (κ3) is 3.16. The third-order valence-corrected chi connectivity index (χ3v) is 3.33. The highest BCUT2D eigenvalue weighted by molar-refractivity contribution is 5.79. The van der Waals surface area contributed by atoms with Crippen molar-refractivity contribution in [2.24, 2.45) is 5.41 Å². The highest BCUT2D eigenvalue weighted by atomic mass is 16.4. The summed E-state index contributed by atoms with van der Waals surface area (Å²) < 4.78 is 0. The number of carbonyl (C=O) groups excluding carboxylic acids is 1. The summed E-state index contributed by atoms with van der Waals surface area (Å²) in [5.74, 6) is 4.64. The van der Waals surface area contributed by atoms with E-state index in [9.17, 15) is 14.7 Å². The number of aliphatic carboxylic acids is 1. The Morgan fingerprint density at radius 2 is 2.22 bits per heavy atom. The van der Waals surface area contributed by atoms with Gasteiger partial charge < -0.3 is 15.3 Å². The Morgan fingerprint density at radius 3 is 2.78 bits per heavy atom. The normalized spacial score (nSPS) is 22.2. The van der Waals surface area contributed by atoms with Gasteiger partial charge in [0.25, 0.3) is 0 Å². The average molecular weight is 252 g/mol. The van der Waals surface area contributed by atoms with Crippen molar-refractivity contribution >= 4 is 12.0 Å². The van der Waals surface area contributed by atoms with Crippen LogP contribution in [0.4, 0.5) is 4.79 Å². The van der Waals surface area contributed by atoms with Crippen LogP contribution in [0.1, 0.15) is 33.1 Å². The van der Waals surface area contributed by atoms with Crippen molar-refractivity contribution in [1.29, 1.82) is 0 Å². The molecule has 0 radical (unpaired) electrons. The van der Waals surface area contributed by atoms with E-state index in [-0.39, 0.29) is 6.03 Å². The molecule has 2 amide bonds. The molecule has 1 heterocycles. The Hall–Kier alpha value is -1.70. The Bertz CT molecular complexity index is 383. The molecule has 0 aromatic heterocycles. The number of hydrogen-bond donors (Lipinski definition) is 2. The summed E-state index contributed by atoms with van der Waals surface area (Å²) in [5, 5.41) is 12.0. The predicted molar refractivity (Wildman–Crippen MR) is 68.0 cm³/mol. The maximum atomic E-state index is 11.8. The summed E-state index contributed by atoms with van der Waals surface area (Å²) in [5.41, 5.74) is -0.761. The summed E-state index contributed by atoms with van der Waals surface area (Å²) >= 11 is 0. The molecular formula is C13H20N2O3. The second kappa shape index (κ2) is 6.29. The quantitative estimate of drug-likeness (QED) is 0.741. The SMILES string of the molecule is CC#CCNC(=O)N1CCC(CCC)(C(=O)O)C1. The van der Waals surface area contributed by atoms with E-state index in [2.05, 4.69) is 17.2 Å². The van der Waals surface area contributed by atoms with E-state index in [1.807, 2.05) is 6.92 Å². The molecule has 100 valence electrons. The van der Waals surface area contributed by atoms with E-state index in [1.54, 1.807) is 11.8 Å². The highest BCUT2D eigenvalue weighted by Gasteiger charge is 2.45. The lowest BCUT2D eigenvalue weighted by molar-refractivity contribution is -0.148. The predicted octanol–water partition coefficient (Wildman–Crippen LogP) is 1.30. The highest BCUT2D eigenvalue weighted by Crippen LogP contribution is 2.35. The van der Waals surface area contributed by atoms with Gasteiger partial charge in [0.2, 0.25) is 0 Å². The zero-order valence-corrected chi connectivity index (χ0v) is 11.0. The molecule has 2 N–H and O–H groups in total. The number of amides is 2. The largest absolute Gasteiger partial charge is 0.481 e. The smallest absolute Gasteiger partial charge is 0.318 e. The van der Waals surface area contributed by atoms with Crippen LogP contribution in [0.5, 0.6) is 0 Å². The molecule has 0 spiro atoms. The van der Waals surface area contributed by atoms with E-state index in [4.69, 9.17) is 0 Å². The molecule has 0 aliphatic carbocycles. The van der Waals surface area contributed by atoms with Gasteiger partial charge in [0, 0.05) is 13.1 Å². The number of likely N-dealkylation sites (tertiary alicyclic amines) is 1. The molecule has 5 heteroatoms.